The number of rotatable bonds is 1. The number of thioether (sulfide) groups is 2. The van der Waals surface area contributed by atoms with Gasteiger partial charge in [0.2, 0.25) is 0 Å². The van der Waals surface area contributed by atoms with Crippen molar-refractivity contribution in [2.24, 2.45) is 0 Å². The quantitative estimate of drug-likeness (QED) is 0.777. The first-order valence-electron chi connectivity index (χ1n) is 5.08. The van der Waals surface area contributed by atoms with Crippen molar-refractivity contribution < 1.29 is 4.39 Å². The summed E-state index contributed by atoms with van der Waals surface area (Å²) < 4.78 is 14.4. The van der Waals surface area contributed by atoms with Crippen LogP contribution in [0.1, 0.15) is 13.8 Å². The maximum absolute atomic E-state index is 13.7. The molecule has 0 radical (unpaired) electrons. The zero-order chi connectivity index (χ0) is 11.9. The van der Waals surface area contributed by atoms with Crippen LogP contribution in [0.15, 0.2) is 9.89 Å². The molecule has 0 amide bonds. The molecule has 2 N–H and O–H groups in total. The maximum atomic E-state index is 13.7. The van der Waals surface area contributed by atoms with E-state index in [-0.39, 0.29) is 16.0 Å². The van der Waals surface area contributed by atoms with Gasteiger partial charge in [0.15, 0.2) is 0 Å². The number of alkyl halides is 1. The largest absolute Gasteiger partial charge is 0.368 e. The van der Waals surface area contributed by atoms with Crippen LogP contribution in [0.2, 0.25) is 0 Å². The lowest BCUT2D eigenvalue weighted by Gasteiger charge is -2.38. The Hall–Kier alpha value is 0.320. The van der Waals surface area contributed by atoms with Crippen molar-refractivity contribution >= 4 is 45.3 Å². The lowest BCUT2D eigenvalue weighted by molar-refractivity contribution is 0.364. The molecule has 0 aliphatic carbocycles. The average Bonchev–Trinajstić information content (AvgIpc) is 2.50. The van der Waals surface area contributed by atoms with Crippen LogP contribution in [-0.2, 0) is 0 Å². The van der Waals surface area contributed by atoms with Gasteiger partial charge in [0, 0.05) is 9.57 Å². The molecule has 0 aromatic carbocycles. The van der Waals surface area contributed by atoms with Crippen LogP contribution in [0.3, 0.4) is 0 Å². The molecule has 1 fully saturated rings. The smallest absolute Gasteiger partial charge is 0.134 e. The van der Waals surface area contributed by atoms with Gasteiger partial charge >= 0.3 is 0 Å². The van der Waals surface area contributed by atoms with Crippen molar-refractivity contribution in [3.8, 4) is 0 Å². The molecule has 6 heteroatoms. The van der Waals surface area contributed by atoms with E-state index in [1.165, 1.54) is 11.8 Å². The molecule has 0 aromatic heterocycles. The third kappa shape index (κ3) is 2.43. The molecular formula is C10H14BrFN2S2. The third-order valence-corrected chi connectivity index (χ3v) is 6.30. The van der Waals surface area contributed by atoms with Gasteiger partial charge in [-0.2, -0.15) is 0 Å². The average molecular weight is 325 g/mol. The Morgan fingerprint density at radius 2 is 2.31 bits per heavy atom. The van der Waals surface area contributed by atoms with E-state index in [0.717, 1.165) is 9.57 Å². The molecule has 3 atom stereocenters. The Balaban J connectivity index is 2.02. The molecule has 2 unspecified atom stereocenters. The molecule has 2 nitrogen and oxygen atoms in total. The van der Waals surface area contributed by atoms with E-state index in [4.69, 9.17) is 5.41 Å². The van der Waals surface area contributed by atoms with Crippen LogP contribution < -0.4 is 5.32 Å². The fraction of sp³-hybridized carbons (Fsp3) is 0.700. The molecular weight excluding hydrogens is 311 g/mol. The summed E-state index contributed by atoms with van der Waals surface area (Å²) in [5, 5.41) is 10.9. The lowest BCUT2D eigenvalue weighted by Crippen LogP contribution is -2.55. The summed E-state index contributed by atoms with van der Waals surface area (Å²) in [4.78, 5) is 0. The van der Waals surface area contributed by atoms with Gasteiger partial charge in [-0.05, 0) is 35.9 Å². The summed E-state index contributed by atoms with van der Waals surface area (Å²) in [5.74, 6) is 1.35. The van der Waals surface area contributed by atoms with Crippen LogP contribution in [0.25, 0.3) is 0 Å². The van der Waals surface area contributed by atoms with Crippen LogP contribution in [0, 0.1) is 5.41 Å². The predicted octanol–water partition coefficient (Wildman–Crippen LogP) is 3.14. The van der Waals surface area contributed by atoms with Gasteiger partial charge in [0.1, 0.15) is 12.0 Å². The SMILES string of the molecule is CC1(C)SC[C@@H](C2SC(Br)=CC2F)NC1=N. The van der Waals surface area contributed by atoms with Crippen LogP contribution >= 0.6 is 39.5 Å². The molecule has 0 spiro atoms. The molecule has 16 heavy (non-hydrogen) atoms. The van der Waals surface area contributed by atoms with Gasteiger partial charge in [-0.15, -0.1) is 23.5 Å². The predicted molar refractivity (Wildman–Crippen MR) is 74.5 cm³/mol. The highest BCUT2D eigenvalue weighted by atomic mass is 79.9. The second kappa shape index (κ2) is 4.53. The minimum absolute atomic E-state index is 0.0387. The summed E-state index contributed by atoms with van der Waals surface area (Å²) in [7, 11) is 0. The Bertz CT molecular complexity index is 346. The van der Waals surface area contributed by atoms with Crippen LogP contribution in [-0.4, -0.2) is 33.8 Å². The van der Waals surface area contributed by atoms with Crippen LogP contribution in [0.4, 0.5) is 4.39 Å². The molecule has 2 aliphatic heterocycles. The van der Waals surface area contributed by atoms with Gasteiger partial charge in [-0.1, -0.05) is 0 Å². The zero-order valence-electron chi connectivity index (χ0n) is 9.09. The Morgan fingerprint density at radius 1 is 1.62 bits per heavy atom. The summed E-state index contributed by atoms with van der Waals surface area (Å²) in [5.41, 5.74) is 0. The minimum atomic E-state index is -0.925. The third-order valence-electron chi connectivity index (χ3n) is 2.80. The summed E-state index contributed by atoms with van der Waals surface area (Å²) in [6.07, 6.45) is 0.678. The van der Waals surface area contributed by atoms with E-state index in [9.17, 15) is 4.39 Å². The Kier molecular flexibility index (Phi) is 3.62. The Labute approximate surface area is 112 Å². The molecule has 90 valence electrons. The first-order valence-corrected chi connectivity index (χ1v) is 7.73. The van der Waals surface area contributed by atoms with Crippen molar-refractivity contribution in [1.29, 1.82) is 5.41 Å². The topological polar surface area (TPSA) is 35.9 Å². The second-order valence-electron chi connectivity index (χ2n) is 4.44. The van der Waals surface area contributed by atoms with Crippen molar-refractivity contribution in [3.05, 3.63) is 9.89 Å². The number of hydrogen-bond donors (Lipinski definition) is 2. The van der Waals surface area contributed by atoms with Gasteiger partial charge in [0.25, 0.3) is 0 Å². The molecule has 2 rings (SSSR count). The first kappa shape index (κ1) is 12.8. The van der Waals surface area contributed by atoms with Crippen LogP contribution in [0.5, 0.6) is 0 Å². The summed E-state index contributed by atoms with van der Waals surface area (Å²) in [6.45, 7) is 4.04. The van der Waals surface area contributed by atoms with E-state index in [2.05, 4.69) is 21.2 Å². The van der Waals surface area contributed by atoms with E-state index < -0.39 is 6.17 Å². The number of amidine groups is 1. The monoisotopic (exact) mass is 324 g/mol. The van der Waals surface area contributed by atoms with Crippen molar-refractivity contribution in [1.82, 2.24) is 5.32 Å². The summed E-state index contributed by atoms with van der Waals surface area (Å²) >= 11 is 6.55. The van der Waals surface area contributed by atoms with Gasteiger partial charge in [0.05, 0.1) is 16.0 Å². The van der Waals surface area contributed by atoms with E-state index in [0.29, 0.717) is 5.84 Å². The molecule has 0 saturated carbocycles. The standard InChI is InChI=1S/C10H14BrFN2S2/c1-10(2)9(13)14-6(4-15-10)8-5(12)3-7(11)16-8/h3,5-6,8H,4H2,1-2H3,(H2,13,14)/t5?,6-,8?/m0/s1. The molecule has 0 aromatic rings. The number of hydrogen-bond acceptors (Lipinski definition) is 3. The number of nitrogens with one attached hydrogen (secondary N) is 2. The number of allylic oxidation sites excluding steroid dienone is 1. The first-order chi connectivity index (χ1) is 7.40. The zero-order valence-corrected chi connectivity index (χ0v) is 12.3. The lowest BCUT2D eigenvalue weighted by atomic mass is 10.1. The normalized spacial score (nSPS) is 38.1. The minimum Gasteiger partial charge on any atom is -0.368 e. The van der Waals surface area contributed by atoms with Crippen molar-refractivity contribution in [2.75, 3.05) is 5.75 Å². The molecule has 0 bridgehead atoms. The fourth-order valence-corrected chi connectivity index (χ4v) is 4.82. The van der Waals surface area contributed by atoms with E-state index in [1.54, 1.807) is 17.8 Å². The summed E-state index contributed by atoms with van der Waals surface area (Å²) in [6, 6.07) is 0.0387. The Morgan fingerprint density at radius 3 is 2.81 bits per heavy atom. The van der Waals surface area contributed by atoms with Gasteiger partial charge in [-0.3, -0.25) is 5.41 Å². The number of halogens is 2. The highest BCUT2D eigenvalue weighted by Crippen LogP contribution is 2.42. The highest BCUT2D eigenvalue weighted by Gasteiger charge is 2.40. The van der Waals surface area contributed by atoms with E-state index >= 15 is 0 Å². The van der Waals surface area contributed by atoms with Crippen molar-refractivity contribution in [3.63, 3.8) is 0 Å². The van der Waals surface area contributed by atoms with Crippen molar-refractivity contribution in [2.45, 2.75) is 36.1 Å². The maximum Gasteiger partial charge on any atom is 0.134 e. The molecule has 1 saturated heterocycles. The second-order valence-corrected chi connectivity index (χ2v) is 8.69. The molecule has 2 heterocycles. The van der Waals surface area contributed by atoms with E-state index in [1.807, 2.05) is 13.8 Å². The molecule has 2 aliphatic rings. The fourth-order valence-electron chi connectivity index (χ4n) is 1.71. The van der Waals surface area contributed by atoms with Gasteiger partial charge < -0.3 is 5.32 Å². The highest BCUT2D eigenvalue weighted by molar-refractivity contribution is 9.14. The van der Waals surface area contributed by atoms with Gasteiger partial charge in [-0.25, -0.2) is 4.39 Å².